The van der Waals surface area contributed by atoms with E-state index in [0.29, 0.717) is 0 Å². The molecular formula is C15H12N2. The maximum atomic E-state index is 4.21. The fourth-order valence-electron chi connectivity index (χ4n) is 1.90. The van der Waals surface area contributed by atoms with Gasteiger partial charge < -0.3 is 0 Å². The van der Waals surface area contributed by atoms with E-state index >= 15 is 0 Å². The molecule has 0 N–H and O–H groups in total. The van der Waals surface area contributed by atoms with Crippen LogP contribution in [0.25, 0.3) is 22.0 Å². The van der Waals surface area contributed by atoms with Gasteiger partial charge in [-0.05, 0) is 35.9 Å². The molecule has 3 aromatic rings. The van der Waals surface area contributed by atoms with E-state index in [9.17, 15) is 0 Å². The molecule has 0 aliphatic heterocycles. The Morgan fingerprint density at radius 3 is 2.35 bits per heavy atom. The molecule has 3 rings (SSSR count). The highest BCUT2D eigenvalue weighted by Crippen LogP contribution is 2.22. The molecule has 0 unspecified atom stereocenters. The average molecular weight is 220 g/mol. The zero-order valence-electron chi connectivity index (χ0n) is 9.59. The standard InChI is InChI=1S/C15H12N2/c1-11-6-9-15(17-16-11)14-8-7-12-4-2-3-5-13(12)10-14/h2-10H,1H3. The summed E-state index contributed by atoms with van der Waals surface area (Å²) in [5.41, 5.74) is 2.96. The molecule has 1 aromatic heterocycles. The van der Waals surface area contributed by atoms with Crippen molar-refractivity contribution in [1.82, 2.24) is 10.2 Å². The number of hydrogen-bond donors (Lipinski definition) is 0. The molecule has 17 heavy (non-hydrogen) atoms. The zero-order chi connectivity index (χ0) is 11.7. The summed E-state index contributed by atoms with van der Waals surface area (Å²) < 4.78 is 0. The van der Waals surface area contributed by atoms with Crippen LogP contribution in [0.3, 0.4) is 0 Å². The summed E-state index contributed by atoms with van der Waals surface area (Å²) in [5.74, 6) is 0. The largest absolute Gasteiger partial charge is 0.155 e. The third kappa shape index (κ3) is 1.89. The molecule has 0 amide bonds. The van der Waals surface area contributed by atoms with Crippen LogP contribution in [0.4, 0.5) is 0 Å². The Kier molecular flexibility index (Phi) is 2.33. The predicted octanol–water partition coefficient (Wildman–Crippen LogP) is 3.61. The van der Waals surface area contributed by atoms with Crippen LogP contribution in [0.2, 0.25) is 0 Å². The second-order valence-electron chi connectivity index (χ2n) is 4.12. The Labute approximate surface area is 99.9 Å². The smallest absolute Gasteiger partial charge is 0.0930 e. The molecule has 82 valence electrons. The third-order valence-electron chi connectivity index (χ3n) is 2.84. The summed E-state index contributed by atoms with van der Waals surface area (Å²) in [7, 11) is 0. The number of aromatic nitrogens is 2. The van der Waals surface area contributed by atoms with E-state index < -0.39 is 0 Å². The van der Waals surface area contributed by atoms with Crippen LogP contribution >= 0.6 is 0 Å². The fraction of sp³-hybridized carbons (Fsp3) is 0.0667. The summed E-state index contributed by atoms with van der Waals surface area (Å²) in [6, 6.07) is 18.7. The monoisotopic (exact) mass is 220 g/mol. The summed E-state index contributed by atoms with van der Waals surface area (Å²) in [6.45, 7) is 1.94. The number of aryl methyl sites for hydroxylation is 1. The summed E-state index contributed by atoms with van der Waals surface area (Å²) in [4.78, 5) is 0. The molecule has 0 aliphatic carbocycles. The summed E-state index contributed by atoms with van der Waals surface area (Å²) in [5, 5.41) is 10.8. The Morgan fingerprint density at radius 2 is 1.59 bits per heavy atom. The highest BCUT2D eigenvalue weighted by Gasteiger charge is 2.01. The Balaban J connectivity index is 2.14. The number of fused-ring (bicyclic) bond motifs is 1. The average Bonchev–Trinajstić information content (AvgIpc) is 2.39. The van der Waals surface area contributed by atoms with Crippen molar-refractivity contribution in [2.24, 2.45) is 0 Å². The van der Waals surface area contributed by atoms with Crippen LogP contribution in [0.5, 0.6) is 0 Å². The van der Waals surface area contributed by atoms with E-state index in [-0.39, 0.29) is 0 Å². The van der Waals surface area contributed by atoms with Gasteiger partial charge in [0.25, 0.3) is 0 Å². The number of nitrogens with zero attached hydrogens (tertiary/aromatic N) is 2. The minimum Gasteiger partial charge on any atom is -0.155 e. The van der Waals surface area contributed by atoms with Gasteiger partial charge in [0.15, 0.2) is 0 Å². The van der Waals surface area contributed by atoms with Gasteiger partial charge in [-0.2, -0.15) is 10.2 Å². The molecule has 0 bridgehead atoms. The second kappa shape index (κ2) is 3.98. The van der Waals surface area contributed by atoms with Crippen LogP contribution < -0.4 is 0 Å². The minimum atomic E-state index is 0.918. The van der Waals surface area contributed by atoms with E-state index in [1.807, 2.05) is 31.2 Å². The molecule has 0 atom stereocenters. The fourth-order valence-corrected chi connectivity index (χ4v) is 1.90. The first-order chi connectivity index (χ1) is 8.33. The Bertz CT molecular complexity index is 657. The summed E-state index contributed by atoms with van der Waals surface area (Å²) in [6.07, 6.45) is 0. The lowest BCUT2D eigenvalue weighted by molar-refractivity contribution is 0.987. The van der Waals surface area contributed by atoms with Gasteiger partial charge >= 0.3 is 0 Å². The van der Waals surface area contributed by atoms with E-state index in [2.05, 4.69) is 40.5 Å². The number of benzene rings is 2. The number of hydrogen-bond acceptors (Lipinski definition) is 2. The van der Waals surface area contributed by atoms with Gasteiger partial charge in [-0.3, -0.25) is 0 Å². The third-order valence-corrected chi connectivity index (χ3v) is 2.84. The van der Waals surface area contributed by atoms with Crippen molar-refractivity contribution in [1.29, 1.82) is 0 Å². The van der Waals surface area contributed by atoms with Crippen LogP contribution in [0, 0.1) is 6.92 Å². The first kappa shape index (κ1) is 9.97. The predicted molar refractivity (Wildman–Crippen MR) is 69.7 cm³/mol. The highest BCUT2D eigenvalue weighted by atomic mass is 15.1. The molecule has 0 saturated heterocycles. The second-order valence-corrected chi connectivity index (χ2v) is 4.12. The first-order valence-corrected chi connectivity index (χ1v) is 5.62. The lowest BCUT2D eigenvalue weighted by Crippen LogP contribution is -1.89. The maximum absolute atomic E-state index is 4.21. The quantitative estimate of drug-likeness (QED) is 0.626. The number of rotatable bonds is 1. The highest BCUT2D eigenvalue weighted by molar-refractivity contribution is 5.86. The van der Waals surface area contributed by atoms with Gasteiger partial charge in [0.1, 0.15) is 0 Å². The van der Waals surface area contributed by atoms with Gasteiger partial charge in [-0.15, -0.1) is 0 Å². The van der Waals surface area contributed by atoms with Crippen molar-refractivity contribution in [3.8, 4) is 11.3 Å². The van der Waals surface area contributed by atoms with Crippen molar-refractivity contribution in [2.45, 2.75) is 6.92 Å². The normalized spacial score (nSPS) is 10.6. The van der Waals surface area contributed by atoms with E-state index in [1.54, 1.807) is 0 Å². The van der Waals surface area contributed by atoms with Crippen LogP contribution in [0.15, 0.2) is 54.6 Å². The molecule has 0 saturated carbocycles. The van der Waals surface area contributed by atoms with Gasteiger partial charge in [-0.25, -0.2) is 0 Å². The molecule has 0 spiro atoms. The molecule has 0 fully saturated rings. The lowest BCUT2D eigenvalue weighted by atomic mass is 10.1. The van der Waals surface area contributed by atoms with E-state index in [1.165, 1.54) is 10.8 Å². The lowest BCUT2D eigenvalue weighted by Gasteiger charge is -2.02. The van der Waals surface area contributed by atoms with Crippen molar-refractivity contribution in [2.75, 3.05) is 0 Å². The Hall–Kier alpha value is -2.22. The molecule has 2 heteroatoms. The molecule has 0 aliphatic rings. The molecule has 1 heterocycles. The van der Waals surface area contributed by atoms with Crippen LogP contribution in [0.1, 0.15) is 5.69 Å². The van der Waals surface area contributed by atoms with Crippen molar-refractivity contribution >= 4 is 10.8 Å². The SMILES string of the molecule is Cc1ccc(-c2ccc3ccccc3c2)nn1. The van der Waals surface area contributed by atoms with Crippen LogP contribution in [-0.2, 0) is 0 Å². The van der Waals surface area contributed by atoms with Crippen molar-refractivity contribution < 1.29 is 0 Å². The molecule has 2 aromatic carbocycles. The summed E-state index contributed by atoms with van der Waals surface area (Å²) >= 11 is 0. The minimum absolute atomic E-state index is 0.918. The maximum Gasteiger partial charge on any atom is 0.0930 e. The zero-order valence-corrected chi connectivity index (χ0v) is 9.59. The van der Waals surface area contributed by atoms with Crippen molar-refractivity contribution in [3.05, 3.63) is 60.3 Å². The molecule has 0 radical (unpaired) electrons. The van der Waals surface area contributed by atoms with Crippen molar-refractivity contribution in [3.63, 3.8) is 0 Å². The molecule has 2 nitrogen and oxygen atoms in total. The first-order valence-electron chi connectivity index (χ1n) is 5.62. The van der Waals surface area contributed by atoms with E-state index in [0.717, 1.165) is 17.0 Å². The Morgan fingerprint density at radius 1 is 0.765 bits per heavy atom. The molecular weight excluding hydrogens is 208 g/mol. The van der Waals surface area contributed by atoms with Crippen LogP contribution in [-0.4, -0.2) is 10.2 Å². The van der Waals surface area contributed by atoms with Gasteiger partial charge in [0, 0.05) is 5.56 Å². The topological polar surface area (TPSA) is 25.8 Å². The van der Waals surface area contributed by atoms with Gasteiger partial charge in [0.2, 0.25) is 0 Å². The van der Waals surface area contributed by atoms with Gasteiger partial charge in [-0.1, -0.05) is 36.4 Å². The van der Waals surface area contributed by atoms with Gasteiger partial charge in [0.05, 0.1) is 11.4 Å². The van der Waals surface area contributed by atoms with E-state index in [4.69, 9.17) is 0 Å².